The van der Waals surface area contributed by atoms with Crippen LogP contribution in [0.2, 0.25) is 0 Å². The first kappa shape index (κ1) is 16.1. The van der Waals surface area contributed by atoms with E-state index in [-0.39, 0.29) is 5.16 Å². The Morgan fingerprint density at radius 3 is 1.56 bits per heavy atom. The van der Waals surface area contributed by atoms with Crippen LogP contribution in [0.3, 0.4) is 0 Å². The molecule has 2 heteroatoms. The molecule has 96 valence electrons. The number of rotatable bonds is 11. The molecule has 0 aliphatic heterocycles. The maximum Gasteiger partial charge on any atom is 0.162 e. The smallest absolute Gasteiger partial charge is 0.162 e. The summed E-state index contributed by atoms with van der Waals surface area (Å²) in [4.78, 5) is 0. The SMILES string of the molecule is CCCCCC(CCCC)(CCCC)P=O. The second kappa shape index (κ2) is 10.3. The van der Waals surface area contributed by atoms with Crippen LogP contribution in [-0.4, -0.2) is 5.16 Å². The van der Waals surface area contributed by atoms with Crippen molar-refractivity contribution in [3.05, 3.63) is 0 Å². The molecule has 1 nitrogen and oxygen atoms in total. The van der Waals surface area contributed by atoms with Crippen molar-refractivity contribution in [2.24, 2.45) is 0 Å². The Morgan fingerprint density at radius 2 is 1.19 bits per heavy atom. The standard InChI is InChI=1S/C14H29OP/c1-4-7-10-13-14(16-15,11-8-5-2)12-9-6-3/h4-13H2,1-3H3. The summed E-state index contributed by atoms with van der Waals surface area (Å²) in [5.41, 5.74) is 0. The zero-order chi connectivity index (χ0) is 12.3. The maximum atomic E-state index is 11.5. The van der Waals surface area contributed by atoms with Gasteiger partial charge in [-0.15, -0.1) is 0 Å². The predicted octanol–water partition coefficient (Wildman–Crippen LogP) is 5.98. The topological polar surface area (TPSA) is 17.1 Å². The highest BCUT2D eigenvalue weighted by atomic mass is 31.1. The van der Waals surface area contributed by atoms with E-state index >= 15 is 0 Å². The third kappa shape index (κ3) is 6.63. The van der Waals surface area contributed by atoms with Gasteiger partial charge in [-0.1, -0.05) is 65.7 Å². The van der Waals surface area contributed by atoms with Crippen LogP contribution in [0.1, 0.15) is 85.0 Å². The summed E-state index contributed by atoms with van der Waals surface area (Å²) in [7, 11) is 0.399. The summed E-state index contributed by atoms with van der Waals surface area (Å²) in [6, 6.07) is 0. The monoisotopic (exact) mass is 244 g/mol. The fourth-order valence-corrected chi connectivity index (χ4v) is 2.98. The van der Waals surface area contributed by atoms with E-state index in [0.29, 0.717) is 8.46 Å². The van der Waals surface area contributed by atoms with Gasteiger partial charge in [-0.05, 0) is 19.3 Å². The molecule has 0 aromatic heterocycles. The van der Waals surface area contributed by atoms with E-state index in [0.717, 1.165) is 19.3 Å². The lowest BCUT2D eigenvalue weighted by Gasteiger charge is -2.26. The summed E-state index contributed by atoms with van der Waals surface area (Å²) >= 11 is 0. The molecule has 0 saturated carbocycles. The van der Waals surface area contributed by atoms with Crippen molar-refractivity contribution in [3.8, 4) is 0 Å². The van der Waals surface area contributed by atoms with Gasteiger partial charge in [0.05, 0.1) is 5.16 Å². The minimum absolute atomic E-state index is 0.112. The summed E-state index contributed by atoms with van der Waals surface area (Å²) in [5, 5.41) is 0.112. The van der Waals surface area contributed by atoms with E-state index in [1.807, 2.05) is 0 Å². The van der Waals surface area contributed by atoms with Gasteiger partial charge in [0, 0.05) is 0 Å². The Bertz CT molecular complexity index is 160. The molecule has 0 fully saturated rings. The molecule has 0 heterocycles. The second-order valence-electron chi connectivity index (χ2n) is 4.98. The van der Waals surface area contributed by atoms with Gasteiger partial charge in [0.2, 0.25) is 0 Å². The Kier molecular flexibility index (Phi) is 10.3. The molecule has 0 N–H and O–H groups in total. The van der Waals surface area contributed by atoms with Gasteiger partial charge >= 0.3 is 0 Å². The first-order valence-electron chi connectivity index (χ1n) is 7.09. The van der Waals surface area contributed by atoms with Crippen molar-refractivity contribution in [2.75, 3.05) is 0 Å². The molecule has 0 saturated heterocycles. The van der Waals surface area contributed by atoms with E-state index < -0.39 is 0 Å². The first-order valence-corrected chi connectivity index (χ1v) is 7.90. The molecule has 0 aliphatic rings. The van der Waals surface area contributed by atoms with Gasteiger partial charge in [0.1, 0.15) is 0 Å². The lowest BCUT2D eigenvalue weighted by molar-refractivity contribution is 0.404. The number of hydrogen-bond acceptors (Lipinski definition) is 1. The molecule has 0 radical (unpaired) electrons. The van der Waals surface area contributed by atoms with Crippen molar-refractivity contribution in [1.29, 1.82) is 0 Å². The van der Waals surface area contributed by atoms with Crippen molar-refractivity contribution in [3.63, 3.8) is 0 Å². The van der Waals surface area contributed by atoms with Crippen LogP contribution >= 0.6 is 8.46 Å². The third-order valence-electron chi connectivity index (χ3n) is 3.43. The largest absolute Gasteiger partial charge is 0.274 e. The van der Waals surface area contributed by atoms with Gasteiger partial charge in [-0.3, -0.25) is 4.57 Å². The van der Waals surface area contributed by atoms with E-state index in [1.54, 1.807) is 0 Å². The van der Waals surface area contributed by atoms with Crippen LogP contribution in [-0.2, 0) is 4.57 Å². The zero-order valence-electron chi connectivity index (χ0n) is 11.4. The molecule has 0 unspecified atom stereocenters. The predicted molar refractivity (Wildman–Crippen MR) is 73.5 cm³/mol. The lowest BCUT2D eigenvalue weighted by Crippen LogP contribution is -2.21. The summed E-state index contributed by atoms with van der Waals surface area (Å²) in [6.45, 7) is 6.67. The van der Waals surface area contributed by atoms with Crippen LogP contribution in [0, 0.1) is 0 Å². The normalized spacial score (nSPS) is 12.2. The molecule has 0 spiro atoms. The minimum atomic E-state index is 0.112. The van der Waals surface area contributed by atoms with Crippen molar-refractivity contribution >= 4 is 8.46 Å². The van der Waals surface area contributed by atoms with Crippen LogP contribution in [0.4, 0.5) is 0 Å². The van der Waals surface area contributed by atoms with Crippen LogP contribution in [0.15, 0.2) is 0 Å². The average Bonchev–Trinajstić information content (AvgIpc) is 2.32. The fourth-order valence-electron chi connectivity index (χ4n) is 2.23. The summed E-state index contributed by atoms with van der Waals surface area (Å²) in [6.07, 6.45) is 12.1. The molecular weight excluding hydrogens is 215 g/mol. The van der Waals surface area contributed by atoms with Gasteiger partial charge < -0.3 is 0 Å². The highest BCUT2D eigenvalue weighted by molar-refractivity contribution is 7.26. The van der Waals surface area contributed by atoms with E-state index in [2.05, 4.69) is 20.8 Å². The van der Waals surface area contributed by atoms with E-state index in [9.17, 15) is 4.57 Å². The van der Waals surface area contributed by atoms with Gasteiger partial charge in [0.25, 0.3) is 0 Å². The molecule has 0 aromatic carbocycles. The quantitative estimate of drug-likeness (QED) is 0.323. The highest BCUT2D eigenvalue weighted by Gasteiger charge is 2.28. The Morgan fingerprint density at radius 1 is 0.750 bits per heavy atom. The van der Waals surface area contributed by atoms with Gasteiger partial charge in [-0.2, -0.15) is 0 Å². The Labute approximate surface area is 104 Å². The molecular formula is C14H29OP. The van der Waals surface area contributed by atoms with Gasteiger partial charge in [-0.25, -0.2) is 0 Å². The molecule has 0 bridgehead atoms. The first-order chi connectivity index (χ1) is 7.74. The summed E-state index contributed by atoms with van der Waals surface area (Å²) in [5.74, 6) is 0. The summed E-state index contributed by atoms with van der Waals surface area (Å²) < 4.78 is 11.5. The van der Waals surface area contributed by atoms with E-state index in [4.69, 9.17) is 0 Å². The van der Waals surface area contributed by atoms with Crippen molar-refractivity contribution in [2.45, 2.75) is 90.1 Å². The number of unbranched alkanes of at least 4 members (excludes halogenated alkanes) is 4. The molecule has 0 atom stereocenters. The van der Waals surface area contributed by atoms with Gasteiger partial charge in [0.15, 0.2) is 8.46 Å². The van der Waals surface area contributed by atoms with Crippen LogP contribution in [0.5, 0.6) is 0 Å². The molecule has 0 amide bonds. The molecule has 16 heavy (non-hydrogen) atoms. The lowest BCUT2D eigenvalue weighted by atomic mass is 9.89. The Hall–Kier alpha value is 0.100. The van der Waals surface area contributed by atoms with Crippen LogP contribution in [0.25, 0.3) is 0 Å². The highest BCUT2D eigenvalue weighted by Crippen LogP contribution is 2.39. The zero-order valence-corrected chi connectivity index (χ0v) is 12.3. The molecule has 0 aliphatic carbocycles. The maximum absolute atomic E-state index is 11.5. The van der Waals surface area contributed by atoms with Crippen molar-refractivity contribution in [1.82, 2.24) is 0 Å². The average molecular weight is 244 g/mol. The van der Waals surface area contributed by atoms with Crippen LogP contribution < -0.4 is 0 Å². The fraction of sp³-hybridized carbons (Fsp3) is 1.00. The second-order valence-corrected chi connectivity index (χ2v) is 6.11. The van der Waals surface area contributed by atoms with E-state index in [1.165, 1.54) is 44.9 Å². The number of hydrogen-bond donors (Lipinski definition) is 0. The Balaban J connectivity index is 4.21. The molecule has 0 rings (SSSR count). The molecule has 0 aromatic rings. The minimum Gasteiger partial charge on any atom is -0.274 e. The van der Waals surface area contributed by atoms with Crippen molar-refractivity contribution < 1.29 is 4.57 Å². The third-order valence-corrected chi connectivity index (χ3v) is 4.49.